The average molecular weight is 565 g/mol. The van der Waals surface area contributed by atoms with Crippen LogP contribution in [-0.2, 0) is 20.2 Å². The van der Waals surface area contributed by atoms with Crippen LogP contribution >= 0.6 is 11.6 Å². The summed E-state index contributed by atoms with van der Waals surface area (Å²) in [7, 11) is 1.93. The fraction of sp³-hybridized carbons (Fsp3) is 0.367. The van der Waals surface area contributed by atoms with Crippen LogP contribution in [0, 0.1) is 5.82 Å². The van der Waals surface area contributed by atoms with Crippen molar-refractivity contribution in [3.63, 3.8) is 0 Å². The molecule has 4 aromatic rings. The molecule has 208 valence electrons. The van der Waals surface area contributed by atoms with Gasteiger partial charge in [-0.3, -0.25) is 4.90 Å². The molecule has 1 N–H and O–H groups in total. The highest BCUT2D eigenvalue weighted by molar-refractivity contribution is 6.30. The SMILES string of the molecule is Cn1c(CN2CCC(c3cccc(OCc4ccc(Cl)cc4F)n3)CC2)nc2c(OC3CC3)cc(C(=O)O)cc21. The van der Waals surface area contributed by atoms with Crippen LogP contribution in [0.15, 0.2) is 48.5 Å². The van der Waals surface area contributed by atoms with E-state index in [0.29, 0.717) is 40.2 Å². The number of hydrogen-bond acceptors (Lipinski definition) is 6. The number of halogens is 2. The largest absolute Gasteiger partial charge is 0.488 e. The fourth-order valence-corrected chi connectivity index (χ4v) is 5.30. The minimum Gasteiger partial charge on any atom is -0.488 e. The van der Waals surface area contributed by atoms with E-state index in [-0.39, 0.29) is 18.3 Å². The van der Waals surface area contributed by atoms with Gasteiger partial charge in [0.25, 0.3) is 0 Å². The van der Waals surface area contributed by atoms with E-state index in [4.69, 9.17) is 31.0 Å². The Labute approximate surface area is 236 Å². The first kappa shape index (κ1) is 26.5. The minimum atomic E-state index is -0.979. The maximum atomic E-state index is 14.1. The number of carboxylic acids is 1. The summed E-state index contributed by atoms with van der Waals surface area (Å²) in [6.45, 7) is 2.49. The van der Waals surface area contributed by atoms with E-state index in [1.54, 1.807) is 30.3 Å². The van der Waals surface area contributed by atoms with Crippen molar-refractivity contribution in [1.82, 2.24) is 19.4 Å². The minimum absolute atomic E-state index is 0.0806. The third-order valence-electron chi connectivity index (χ3n) is 7.62. The molecule has 8 nitrogen and oxygen atoms in total. The van der Waals surface area contributed by atoms with Crippen LogP contribution in [0.5, 0.6) is 11.6 Å². The van der Waals surface area contributed by atoms with Gasteiger partial charge >= 0.3 is 5.97 Å². The lowest BCUT2D eigenvalue weighted by atomic mass is 9.93. The number of rotatable bonds is 9. The highest BCUT2D eigenvalue weighted by atomic mass is 35.5. The van der Waals surface area contributed by atoms with Gasteiger partial charge in [-0.05, 0) is 69.1 Å². The Bertz CT molecular complexity index is 1560. The predicted octanol–water partition coefficient (Wildman–Crippen LogP) is 5.96. The van der Waals surface area contributed by atoms with E-state index >= 15 is 0 Å². The van der Waals surface area contributed by atoms with Gasteiger partial charge in [-0.15, -0.1) is 0 Å². The van der Waals surface area contributed by atoms with Crippen LogP contribution in [0.1, 0.15) is 59.0 Å². The summed E-state index contributed by atoms with van der Waals surface area (Å²) in [5.74, 6) is 0.811. The number of likely N-dealkylation sites (tertiary alicyclic amines) is 1. The summed E-state index contributed by atoms with van der Waals surface area (Å²) in [4.78, 5) is 23.6. The van der Waals surface area contributed by atoms with Gasteiger partial charge in [-0.25, -0.2) is 19.2 Å². The highest BCUT2D eigenvalue weighted by Gasteiger charge is 2.27. The van der Waals surface area contributed by atoms with Crippen LogP contribution in [0.4, 0.5) is 4.39 Å². The molecule has 1 saturated carbocycles. The van der Waals surface area contributed by atoms with E-state index < -0.39 is 11.8 Å². The molecule has 10 heteroatoms. The van der Waals surface area contributed by atoms with Gasteiger partial charge in [0.2, 0.25) is 5.88 Å². The van der Waals surface area contributed by atoms with Gasteiger partial charge in [-0.1, -0.05) is 23.7 Å². The van der Waals surface area contributed by atoms with Crippen molar-refractivity contribution in [3.8, 4) is 11.6 Å². The molecule has 2 aromatic heterocycles. The fourth-order valence-electron chi connectivity index (χ4n) is 5.14. The zero-order chi connectivity index (χ0) is 27.8. The monoisotopic (exact) mass is 564 g/mol. The number of hydrogen-bond donors (Lipinski definition) is 1. The Kier molecular flexibility index (Phi) is 7.33. The molecular weight excluding hydrogens is 535 g/mol. The van der Waals surface area contributed by atoms with E-state index in [2.05, 4.69) is 4.90 Å². The van der Waals surface area contributed by atoms with Gasteiger partial charge in [0.15, 0.2) is 0 Å². The number of aromatic carboxylic acids is 1. The first-order valence-corrected chi connectivity index (χ1v) is 13.9. The lowest BCUT2D eigenvalue weighted by molar-refractivity contribution is 0.0696. The second-order valence-corrected chi connectivity index (χ2v) is 11.0. The number of piperidine rings is 1. The molecule has 0 atom stereocenters. The Morgan fingerprint density at radius 3 is 2.62 bits per heavy atom. The third-order valence-corrected chi connectivity index (χ3v) is 7.85. The van der Waals surface area contributed by atoms with Crippen LogP contribution in [0.3, 0.4) is 0 Å². The summed E-state index contributed by atoms with van der Waals surface area (Å²) in [6, 6.07) is 13.5. The number of aryl methyl sites for hydroxylation is 1. The molecule has 1 saturated heterocycles. The molecule has 1 aliphatic carbocycles. The Morgan fingerprint density at radius 2 is 1.90 bits per heavy atom. The molecule has 0 spiro atoms. The third kappa shape index (κ3) is 5.76. The van der Waals surface area contributed by atoms with Crippen molar-refractivity contribution in [2.45, 2.75) is 50.9 Å². The normalized spacial score (nSPS) is 16.4. The molecule has 0 bridgehead atoms. The number of carboxylic acid groups (broad SMARTS) is 1. The smallest absolute Gasteiger partial charge is 0.335 e. The summed E-state index contributed by atoms with van der Waals surface area (Å²) >= 11 is 5.84. The number of benzene rings is 2. The van der Waals surface area contributed by atoms with Gasteiger partial charge in [0.05, 0.1) is 23.7 Å². The maximum absolute atomic E-state index is 14.1. The lowest BCUT2D eigenvalue weighted by Crippen LogP contribution is -2.33. The number of imidazole rings is 1. The van der Waals surface area contributed by atoms with Gasteiger partial charge in [0.1, 0.15) is 29.5 Å². The molecule has 1 aliphatic heterocycles. The van der Waals surface area contributed by atoms with Crippen molar-refractivity contribution in [2.24, 2.45) is 7.05 Å². The number of pyridine rings is 1. The van der Waals surface area contributed by atoms with Gasteiger partial charge < -0.3 is 19.1 Å². The molecule has 0 unspecified atom stereocenters. The summed E-state index contributed by atoms with van der Waals surface area (Å²) in [5.41, 5.74) is 3.08. The zero-order valence-corrected chi connectivity index (χ0v) is 22.9. The Hall–Kier alpha value is -3.69. The maximum Gasteiger partial charge on any atom is 0.335 e. The highest BCUT2D eigenvalue weighted by Crippen LogP contribution is 2.34. The molecule has 2 fully saturated rings. The summed E-state index contributed by atoms with van der Waals surface area (Å²) in [6.07, 6.45) is 3.99. The molecule has 0 amide bonds. The Morgan fingerprint density at radius 1 is 1.10 bits per heavy atom. The van der Waals surface area contributed by atoms with Crippen molar-refractivity contribution in [1.29, 1.82) is 0 Å². The molecule has 2 aromatic carbocycles. The van der Waals surface area contributed by atoms with Crippen LogP contribution in [0.25, 0.3) is 11.0 Å². The van der Waals surface area contributed by atoms with Crippen LogP contribution in [0.2, 0.25) is 5.02 Å². The zero-order valence-electron chi connectivity index (χ0n) is 22.1. The van der Waals surface area contributed by atoms with Crippen molar-refractivity contribution in [3.05, 3.63) is 82.0 Å². The van der Waals surface area contributed by atoms with Gasteiger partial charge in [-0.2, -0.15) is 0 Å². The van der Waals surface area contributed by atoms with E-state index in [1.807, 2.05) is 23.7 Å². The lowest BCUT2D eigenvalue weighted by Gasteiger charge is -2.31. The number of ether oxygens (including phenoxy) is 2. The van der Waals surface area contributed by atoms with E-state index in [1.165, 1.54) is 6.07 Å². The number of fused-ring (bicyclic) bond motifs is 1. The number of carbonyl (C=O) groups is 1. The average Bonchev–Trinajstić information content (AvgIpc) is 3.71. The molecular formula is C30H30ClFN4O4. The Balaban J connectivity index is 1.10. The van der Waals surface area contributed by atoms with Crippen LogP contribution < -0.4 is 9.47 Å². The molecule has 0 radical (unpaired) electrons. The molecule has 2 aliphatic rings. The second kappa shape index (κ2) is 11.1. The quantitative estimate of drug-likeness (QED) is 0.268. The summed E-state index contributed by atoms with van der Waals surface area (Å²) in [5, 5.41) is 9.94. The molecule has 3 heterocycles. The van der Waals surface area contributed by atoms with Crippen molar-refractivity contribution in [2.75, 3.05) is 13.1 Å². The number of aromatic nitrogens is 3. The van der Waals surface area contributed by atoms with E-state index in [9.17, 15) is 14.3 Å². The number of nitrogens with zero attached hydrogens (tertiary/aromatic N) is 4. The molecule has 6 rings (SSSR count). The summed E-state index contributed by atoms with van der Waals surface area (Å²) < 4.78 is 27.9. The topological polar surface area (TPSA) is 89.7 Å². The van der Waals surface area contributed by atoms with Crippen molar-refractivity contribution >= 4 is 28.6 Å². The standard InChI is InChI=1S/C30H30ClFN4O4/c1-35-25-13-20(30(37)38)14-26(40-22-7-8-22)29(25)34-27(35)16-36-11-9-18(10-12-36)24-3-2-4-28(33-24)39-17-19-5-6-21(31)15-23(19)32/h2-6,13-15,18,22H,7-12,16-17H2,1H3,(H,37,38). The molecule has 40 heavy (non-hydrogen) atoms. The van der Waals surface area contributed by atoms with Gasteiger partial charge in [0, 0.05) is 35.3 Å². The first-order chi connectivity index (χ1) is 19.3. The van der Waals surface area contributed by atoms with Crippen LogP contribution in [-0.4, -0.2) is 49.7 Å². The first-order valence-electron chi connectivity index (χ1n) is 13.5. The predicted molar refractivity (Wildman–Crippen MR) is 149 cm³/mol. The second-order valence-electron chi connectivity index (χ2n) is 10.5. The van der Waals surface area contributed by atoms with E-state index in [0.717, 1.165) is 55.8 Å². The van der Waals surface area contributed by atoms with Crippen molar-refractivity contribution < 1.29 is 23.8 Å².